The van der Waals surface area contributed by atoms with Gasteiger partial charge >= 0.3 is 0 Å². The number of hydrogen-bond acceptors (Lipinski definition) is 1. The van der Waals surface area contributed by atoms with Gasteiger partial charge < -0.3 is 5.32 Å². The molecule has 0 aromatic carbocycles. The van der Waals surface area contributed by atoms with Crippen LogP contribution < -0.4 is 5.32 Å². The largest absolute Gasteiger partial charge is 0.317 e. The van der Waals surface area contributed by atoms with Crippen LogP contribution in [0.15, 0.2) is 0 Å². The van der Waals surface area contributed by atoms with Crippen molar-refractivity contribution in [1.82, 2.24) is 5.32 Å². The molecule has 0 radical (unpaired) electrons. The van der Waals surface area contributed by atoms with E-state index in [4.69, 9.17) is 0 Å². The van der Waals surface area contributed by atoms with Gasteiger partial charge in [-0.2, -0.15) is 0 Å². The topological polar surface area (TPSA) is 12.0 Å². The highest BCUT2D eigenvalue weighted by Crippen LogP contribution is 2.32. The van der Waals surface area contributed by atoms with Crippen molar-refractivity contribution in [3.8, 4) is 0 Å². The SMILES string of the molecule is CNC(CC(C)CC(C)(C)C)CC1CCCC1. The maximum absolute atomic E-state index is 3.55. The number of rotatable bonds is 6. The Morgan fingerprint density at radius 2 is 1.76 bits per heavy atom. The van der Waals surface area contributed by atoms with Gasteiger partial charge in [-0.05, 0) is 43.6 Å². The van der Waals surface area contributed by atoms with Crippen molar-refractivity contribution >= 4 is 0 Å². The summed E-state index contributed by atoms with van der Waals surface area (Å²) in [6.07, 6.45) is 10.0. The summed E-state index contributed by atoms with van der Waals surface area (Å²) in [7, 11) is 2.14. The Morgan fingerprint density at radius 1 is 1.18 bits per heavy atom. The molecule has 1 rings (SSSR count). The first kappa shape index (κ1) is 15.0. The van der Waals surface area contributed by atoms with Crippen molar-refractivity contribution in [3.63, 3.8) is 0 Å². The van der Waals surface area contributed by atoms with E-state index in [1.807, 2.05) is 0 Å². The second-order valence-corrected chi connectivity index (χ2v) is 7.48. The number of hydrogen-bond donors (Lipinski definition) is 1. The number of nitrogens with one attached hydrogen (secondary N) is 1. The molecule has 0 aliphatic heterocycles. The molecule has 1 N–H and O–H groups in total. The minimum absolute atomic E-state index is 0.477. The zero-order valence-corrected chi connectivity index (χ0v) is 12.7. The van der Waals surface area contributed by atoms with Crippen LogP contribution in [-0.2, 0) is 0 Å². The fraction of sp³-hybridized carbons (Fsp3) is 1.00. The van der Waals surface area contributed by atoms with E-state index < -0.39 is 0 Å². The molecule has 2 unspecified atom stereocenters. The van der Waals surface area contributed by atoms with E-state index in [2.05, 4.69) is 40.1 Å². The highest BCUT2D eigenvalue weighted by Gasteiger charge is 2.22. The summed E-state index contributed by atoms with van der Waals surface area (Å²) in [6, 6.07) is 0.746. The Labute approximate surface area is 109 Å². The van der Waals surface area contributed by atoms with Crippen LogP contribution in [0.1, 0.15) is 72.6 Å². The second kappa shape index (κ2) is 6.78. The highest BCUT2D eigenvalue weighted by molar-refractivity contribution is 4.77. The summed E-state index contributed by atoms with van der Waals surface area (Å²) in [5, 5.41) is 3.55. The average molecular weight is 239 g/mol. The predicted molar refractivity (Wildman–Crippen MR) is 77.3 cm³/mol. The molecule has 0 bridgehead atoms. The monoisotopic (exact) mass is 239 g/mol. The normalized spacial score (nSPS) is 21.7. The van der Waals surface area contributed by atoms with Crippen LogP contribution in [0.3, 0.4) is 0 Å². The molecule has 1 fully saturated rings. The summed E-state index contributed by atoms with van der Waals surface area (Å²) in [6.45, 7) is 9.49. The third-order valence-electron chi connectivity index (χ3n) is 4.15. The summed E-state index contributed by atoms with van der Waals surface area (Å²) in [5.74, 6) is 1.85. The predicted octanol–water partition coefficient (Wildman–Crippen LogP) is 4.62. The highest BCUT2D eigenvalue weighted by atomic mass is 14.9. The van der Waals surface area contributed by atoms with Gasteiger partial charge in [-0.25, -0.2) is 0 Å². The minimum atomic E-state index is 0.477. The fourth-order valence-corrected chi connectivity index (χ4v) is 3.59. The van der Waals surface area contributed by atoms with Crippen LogP contribution in [0.25, 0.3) is 0 Å². The lowest BCUT2D eigenvalue weighted by Crippen LogP contribution is -2.30. The molecular formula is C16H33N. The van der Waals surface area contributed by atoms with E-state index in [9.17, 15) is 0 Å². The van der Waals surface area contributed by atoms with Crippen molar-refractivity contribution in [2.24, 2.45) is 17.3 Å². The van der Waals surface area contributed by atoms with Crippen LogP contribution in [0, 0.1) is 17.3 Å². The van der Waals surface area contributed by atoms with E-state index >= 15 is 0 Å². The molecule has 1 aliphatic carbocycles. The van der Waals surface area contributed by atoms with Crippen molar-refractivity contribution in [2.75, 3.05) is 7.05 Å². The lowest BCUT2D eigenvalue weighted by molar-refractivity contribution is 0.263. The molecule has 1 nitrogen and oxygen atoms in total. The smallest absolute Gasteiger partial charge is 0.00692 e. The minimum Gasteiger partial charge on any atom is -0.317 e. The maximum atomic E-state index is 3.55. The van der Waals surface area contributed by atoms with Crippen LogP contribution in [0.5, 0.6) is 0 Å². The van der Waals surface area contributed by atoms with Gasteiger partial charge in [0.2, 0.25) is 0 Å². The molecule has 17 heavy (non-hydrogen) atoms. The van der Waals surface area contributed by atoms with E-state index in [0.717, 1.165) is 17.9 Å². The average Bonchev–Trinajstić information content (AvgIpc) is 2.66. The molecule has 1 aliphatic rings. The van der Waals surface area contributed by atoms with Crippen molar-refractivity contribution < 1.29 is 0 Å². The van der Waals surface area contributed by atoms with Crippen LogP contribution in [-0.4, -0.2) is 13.1 Å². The van der Waals surface area contributed by atoms with Crippen LogP contribution >= 0.6 is 0 Å². The summed E-state index contributed by atoms with van der Waals surface area (Å²) in [5.41, 5.74) is 0.477. The molecule has 0 amide bonds. The third-order valence-corrected chi connectivity index (χ3v) is 4.15. The van der Waals surface area contributed by atoms with Crippen LogP contribution in [0.4, 0.5) is 0 Å². The molecule has 0 aromatic rings. The molecule has 1 saturated carbocycles. The molecule has 0 spiro atoms. The van der Waals surface area contributed by atoms with Gasteiger partial charge in [0, 0.05) is 6.04 Å². The van der Waals surface area contributed by atoms with Gasteiger partial charge in [-0.3, -0.25) is 0 Å². The van der Waals surface area contributed by atoms with Crippen LogP contribution in [0.2, 0.25) is 0 Å². The Balaban J connectivity index is 2.29. The van der Waals surface area contributed by atoms with Gasteiger partial charge in [-0.1, -0.05) is 53.4 Å². The van der Waals surface area contributed by atoms with Gasteiger partial charge in [0.05, 0.1) is 0 Å². The molecule has 2 atom stereocenters. The Hall–Kier alpha value is -0.0400. The van der Waals surface area contributed by atoms with Gasteiger partial charge in [0.15, 0.2) is 0 Å². The standard InChI is InChI=1S/C16H33N/c1-13(12-16(2,3)4)10-15(17-5)11-14-8-6-7-9-14/h13-15,17H,6-12H2,1-5H3. The molecular weight excluding hydrogens is 206 g/mol. The first-order valence-electron chi connectivity index (χ1n) is 7.58. The van der Waals surface area contributed by atoms with Crippen molar-refractivity contribution in [1.29, 1.82) is 0 Å². The van der Waals surface area contributed by atoms with Crippen molar-refractivity contribution in [2.45, 2.75) is 78.7 Å². The first-order chi connectivity index (χ1) is 7.90. The molecule has 0 heterocycles. The van der Waals surface area contributed by atoms with Gasteiger partial charge in [-0.15, -0.1) is 0 Å². The Kier molecular flexibility index (Phi) is 5.99. The quantitative estimate of drug-likeness (QED) is 0.713. The zero-order valence-electron chi connectivity index (χ0n) is 12.7. The lowest BCUT2D eigenvalue weighted by atomic mass is 9.81. The molecule has 1 heteroatoms. The van der Waals surface area contributed by atoms with Gasteiger partial charge in [0.25, 0.3) is 0 Å². The summed E-state index contributed by atoms with van der Waals surface area (Å²) < 4.78 is 0. The van der Waals surface area contributed by atoms with E-state index in [1.165, 1.54) is 44.9 Å². The Morgan fingerprint density at radius 3 is 2.24 bits per heavy atom. The zero-order chi connectivity index (χ0) is 12.9. The Bertz CT molecular complexity index is 198. The van der Waals surface area contributed by atoms with E-state index in [1.54, 1.807) is 0 Å². The third kappa shape index (κ3) is 6.45. The fourth-order valence-electron chi connectivity index (χ4n) is 3.59. The lowest BCUT2D eigenvalue weighted by Gasteiger charge is -2.27. The van der Waals surface area contributed by atoms with Crippen molar-refractivity contribution in [3.05, 3.63) is 0 Å². The van der Waals surface area contributed by atoms with Gasteiger partial charge in [0.1, 0.15) is 0 Å². The first-order valence-corrected chi connectivity index (χ1v) is 7.58. The molecule has 102 valence electrons. The molecule has 0 aromatic heterocycles. The van der Waals surface area contributed by atoms with E-state index in [-0.39, 0.29) is 0 Å². The second-order valence-electron chi connectivity index (χ2n) is 7.48. The van der Waals surface area contributed by atoms with E-state index in [0.29, 0.717) is 5.41 Å². The maximum Gasteiger partial charge on any atom is 0.00692 e. The summed E-state index contributed by atoms with van der Waals surface area (Å²) in [4.78, 5) is 0. The summed E-state index contributed by atoms with van der Waals surface area (Å²) >= 11 is 0. The molecule has 0 saturated heterocycles.